The van der Waals surface area contributed by atoms with Crippen molar-refractivity contribution in [3.8, 4) is 0 Å². The first-order chi connectivity index (χ1) is 12.0. The number of aliphatic hydroxyl groups is 1. The number of likely N-dealkylation sites (tertiary alicyclic amines) is 1. The van der Waals surface area contributed by atoms with Gasteiger partial charge in [-0.1, -0.05) is 12.1 Å². The van der Waals surface area contributed by atoms with Gasteiger partial charge in [-0.05, 0) is 63.9 Å². The van der Waals surface area contributed by atoms with Gasteiger partial charge in [0, 0.05) is 24.8 Å². The summed E-state index contributed by atoms with van der Waals surface area (Å²) in [6.07, 6.45) is 2.10. The van der Waals surface area contributed by atoms with Crippen molar-refractivity contribution >= 4 is 17.5 Å². The second-order valence-electron chi connectivity index (χ2n) is 6.71. The summed E-state index contributed by atoms with van der Waals surface area (Å²) in [5.41, 5.74) is 1.92. The Morgan fingerprint density at radius 2 is 2.04 bits per heavy atom. The summed E-state index contributed by atoms with van der Waals surface area (Å²) in [7, 11) is 0. The lowest BCUT2D eigenvalue weighted by Crippen LogP contribution is -2.48. The largest absolute Gasteiger partial charge is 0.396 e. The van der Waals surface area contributed by atoms with E-state index in [1.54, 1.807) is 0 Å². The van der Waals surface area contributed by atoms with Crippen molar-refractivity contribution in [2.45, 2.75) is 39.2 Å². The minimum atomic E-state index is -0.223. The summed E-state index contributed by atoms with van der Waals surface area (Å²) in [6.45, 7) is 5.99. The minimum absolute atomic E-state index is 0.00183. The molecule has 1 saturated heterocycles. The number of nitrogens with one attached hydrogen (secondary N) is 2. The lowest BCUT2D eigenvalue weighted by Gasteiger charge is -2.34. The number of carbonyl (C=O) groups is 2. The quantitative estimate of drug-likeness (QED) is 0.654. The molecule has 1 fully saturated rings. The molecule has 1 aromatic rings. The maximum atomic E-state index is 12.5. The van der Waals surface area contributed by atoms with E-state index in [0.717, 1.165) is 37.2 Å². The molecule has 2 amide bonds. The molecule has 0 bridgehead atoms. The van der Waals surface area contributed by atoms with E-state index in [1.807, 2.05) is 38.1 Å². The summed E-state index contributed by atoms with van der Waals surface area (Å²) < 4.78 is 0. The fraction of sp³-hybridized carbons (Fsp3) is 0.579. The highest BCUT2D eigenvalue weighted by Crippen LogP contribution is 2.20. The molecule has 1 aliphatic rings. The van der Waals surface area contributed by atoms with Gasteiger partial charge in [-0.15, -0.1) is 0 Å². The van der Waals surface area contributed by atoms with Gasteiger partial charge in [0.1, 0.15) is 0 Å². The third kappa shape index (κ3) is 5.83. The Balaban J connectivity index is 1.79. The molecule has 1 atom stereocenters. The Kier molecular flexibility index (Phi) is 7.40. The van der Waals surface area contributed by atoms with Gasteiger partial charge < -0.3 is 15.7 Å². The number of hydrogen-bond donors (Lipinski definition) is 3. The number of amides is 2. The normalized spacial score (nSPS) is 17.1. The van der Waals surface area contributed by atoms with Crippen molar-refractivity contribution in [2.24, 2.45) is 5.92 Å². The van der Waals surface area contributed by atoms with E-state index < -0.39 is 0 Å². The van der Waals surface area contributed by atoms with Crippen LogP contribution >= 0.6 is 0 Å². The van der Waals surface area contributed by atoms with E-state index in [2.05, 4.69) is 15.5 Å². The second kappa shape index (κ2) is 9.53. The molecular formula is C19H29N3O3. The first-order valence-corrected chi connectivity index (χ1v) is 9.01. The van der Waals surface area contributed by atoms with Crippen LogP contribution in [-0.2, 0) is 9.59 Å². The molecule has 0 spiro atoms. The van der Waals surface area contributed by atoms with Crippen molar-refractivity contribution in [3.63, 3.8) is 0 Å². The van der Waals surface area contributed by atoms with Crippen LogP contribution in [0.15, 0.2) is 24.3 Å². The van der Waals surface area contributed by atoms with Crippen molar-refractivity contribution in [1.82, 2.24) is 10.2 Å². The average Bonchev–Trinajstić information content (AvgIpc) is 2.61. The zero-order valence-electron chi connectivity index (χ0n) is 15.1. The topological polar surface area (TPSA) is 81.7 Å². The first-order valence-electron chi connectivity index (χ1n) is 9.01. The standard InChI is InChI=1S/C19H29N3O3/c1-14-5-3-6-17(13-14)21-18(24)15(2)22-10-7-16(8-11-22)19(25)20-9-4-12-23/h3,5-6,13,15-16,23H,4,7-12H2,1-2H3,(H,20,25)(H,21,24). The number of aryl methyl sites for hydroxylation is 1. The number of nitrogens with zero attached hydrogens (tertiary/aromatic N) is 1. The summed E-state index contributed by atoms with van der Waals surface area (Å²) >= 11 is 0. The lowest BCUT2D eigenvalue weighted by atomic mass is 9.95. The number of piperidine rings is 1. The lowest BCUT2D eigenvalue weighted by molar-refractivity contribution is -0.127. The van der Waals surface area contributed by atoms with Gasteiger partial charge in [-0.2, -0.15) is 0 Å². The van der Waals surface area contributed by atoms with Crippen molar-refractivity contribution in [2.75, 3.05) is 31.6 Å². The van der Waals surface area contributed by atoms with Crippen molar-refractivity contribution < 1.29 is 14.7 Å². The van der Waals surface area contributed by atoms with Crippen LogP contribution in [0.4, 0.5) is 5.69 Å². The molecule has 25 heavy (non-hydrogen) atoms. The summed E-state index contributed by atoms with van der Waals surface area (Å²) in [5.74, 6) is 0.0448. The molecule has 1 heterocycles. The van der Waals surface area contributed by atoms with Crippen LogP contribution in [0.25, 0.3) is 0 Å². The molecule has 3 N–H and O–H groups in total. The molecule has 1 aromatic carbocycles. The molecule has 138 valence electrons. The Bertz CT molecular complexity index is 583. The van der Waals surface area contributed by atoms with Crippen molar-refractivity contribution in [1.29, 1.82) is 0 Å². The van der Waals surface area contributed by atoms with Gasteiger partial charge in [0.25, 0.3) is 0 Å². The molecule has 0 saturated carbocycles. The maximum Gasteiger partial charge on any atom is 0.241 e. The van der Waals surface area contributed by atoms with E-state index >= 15 is 0 Å². The predicted molar refractivity (Wildman–Crippen MR) is 98.3 cm³/mol. The number of carbonyl (C=O) groups excluding carboxylic acids is 2. The fourth-order valence-electron chi connectivity index (χ4n) is 3.12. The Morgan fingerprint density at radius 1 is 1.32 bits per heavy atom. The van der Waals surface area contributed by atoms with Crippen LogP contribution in [0.5, 0.6) is 0 Å². The molecule has 1 aliphatic heterocycles. The van der Waals surface area contributed by atoms with E-state index in [9.17, 15) is 9.59 Å². The monoisotopic (exact) mass is 347 g/mol. The molecule has 0 aromatic heterocycles. The van der Waals surface area contributed by atoms with Gasteiger partial charge in [0.2, 0.25) is 11.8 Å². The minimum Gasteiger partial charge on any atom is -0.396 e. The molecule has 0 aliphatic carbocycles. The van der Waals surface area contributed by atoms with Crippen LogP contribution in [-0.4, -0.2) is 54.1 Å². The highest BCUT2D eigenvalue weighted by Gasteiger charge is 2.29. The van der Waals surface area contributed by atoms with Crippen LogP contribution < -0.4 is 10.6 Å². The van der Waals surface area contributed by atoms with Crippen molar-refractivity contribution in [3.05, 3.63) is 29.8 Å². The Labute approximate surface area is 149 Å². The van der Waals surface area contributed by atoms with E-state index in [0.29, 0.717) is 13.0 Å². The van der Waals surface area contributed by atoms with Crippen LogP contribution in [0.2, 0.25) is 0 Å². The second-order valence-corrected chi connectivity index (χ2v) is 6.71. The maximum absolute atomic E-state index is 12.5. The number of anilines is 1. The smallest absolute Gasteiger partial charge is 0.241 e. The molecule has 6 nitrogen and oxygen atoms in total. The summed E-state index contributed by atoms with van der Waals surface area (Å²) in [5, 5.41) is 14.6. The number of aliphatic hydroxyl groups excluding tert-OH is 1. The Hall–Kier alpha value is -1.92. The third-order valence-corrected chi connectivity index (χ3v) is 4.75. The molecule has 6 heteroatoms. The number of hydrogen-bond acceptors (Lipinski definition) is 4. The van der Waals surface area contributed by atoms with Gasteiger partial charge in [-0.3, -0.25) is 14.5 Å². The number of rotatable bonds is 7. The SMILES string of the molecule is Cc1cccc(NC(=O)C(C)N2CCC(C(=O)NCCCO)CC2)c1. The predicted octanol–water partition coefficient (Wildman–Crippen LogP) is 1.53. The zero-order valence-corrected chi connectivity index (χ0v) is 15.1. The first kappa shape index (κ1) is 19.4. The summed E-state index contributed by atoms with van der Waals surface area (Å²) in [4.78, 5) is 26.7. The molecular weight excluding hydrogens is 318 g/mol. The highest BCUT2D eigenvalue weighted by atomic mass is 16.3. The fourth-order valence-corrected chi connectivity index (χ4v) is 3.12. The zero-order chi connectivity index (χ0) is 18.2. The van der Waals surface area contributed by atoms with Gasteiger partial charge in [-0.25, -0.2) is 0 Å². The number of benzene rings is 1. The Morgan fingerprint density at radius 3 is 2.68 bits per heavy atom. The van der Waals surface area contributed by atoms with E-state index in [-0.39, 0.29) is 30.4 Å². The van der Waals surface area contributed by atoms with Crippen LogP contribution in [0.1, 0.15) is 31.7 Å². The molecule has 1 unspecified atom stereocenters. The molecule has 2 rings (SSSR count). The van der Waals surface area contributed by atoms with Gasteiger partial charge in [0.05, 0.1) is 6.04 Å². The molecule has 0 radical (unpaired) electrons. The van der Waals surface area contributed by atoms with E-state index in [1.165, 1.54) is 0 Å². The van der Waals surface area contributed by atoms with E-state index in [4.69, 9.17) is 5.11 Å². The highest BCUT2D eigenvalue weighted by molar-refractivity contribution is 5.94. The van der Waals surface area contributed by atoms with Crippen LogP contribution in [0.3, 0.4) is 0 Å². The third-order valence-electron chi connectivity index (χ3n) is 4.75. The van der Waals surface area contributed by atoms with Gasteiger partial charge in [0.15, 0.2) is 0 Å². The average molecular weight is 347 g/mol. The van der Waals surface area contributed by atoms with Crippen LogP contribution in [0, 0.1) is 12.8 Å². The summed E-state index contributed by atoms with van der Waals surface area (Å²) in [6, 6.07) is 7.54. The van der Waals surface area contributed by atoms with Gasteiger partial charge >= 0.3 is 0 Å².